The Hall–Kier alpha value is -4.15. The predicted octanol–water partition coefficient (Wildman–Crippen LogP) is 6.22. The van der Waals surface area contributed by atoms with Crippen molar-refractivity contribution >= 4 is 39.3 Å². The van der Waals surface area contributed by atoms with Gasteiger partial charge in [0.05, 0.1) is 10.6 Å². The maximum atomic E-state index is 14.4. The number of benzene rings is 4. The summed E-state index contributed by atoms with van der Waals surface area (Å²) < 4.78 is 43.2. The molecule has 0 unspecified atom stereocenters. The highest BCUT2D eigenvalue weighted by Gasteiger charge is 2.34. The maximum Gasteiger partial charge on any atom is 0.264 e. The molecule has 4 aromatic rings. The first kappa shape index (κ1) is 33.7. The predicted molar refractivity (Wildman–Crippen MR) is 178 cm³/mol. The molecule has 4 aromatic carbocycles. The summed E-state index contributed by atoms with van der Waals surface area (Å²) in [6, 6.07) is 27.2. The minimum Gasteiger partial charge on any atom is -0.352 e. The van der Waals surface area contributed by atoms with E-state index in [0.29, 0.717) is 11.3 Å². The molecular weight excluding hydrogens is 610 g/mol. The van der Waals surface area contributed by atoms with Crippen molar-refractivity contribution in [2.24, 2.45) is 0 Å². The summed E-state index contributed by atoms with van der Waals surface area (Å²) in [5.41, 5.74) is 2.67. The van der Waals surface area contributed by atoms with E-state index in [2.05, 4.69) is 5.32 Å². The Morgan fingerprint density at radius 3 is 2.04 bits per heavy atom. The lowest BCUT2D eigenvalue weighted by atomic mass is 10.0. The van der Waals surface area contributed by atoms with Gasteiger partial charge >= 0.3 is 0 Å². The van der Waals surface area contributed by atoms with Crippen LogP contribution in [0.5, 0.6) is 0 Å². The summed E-state index contributed by atoms with van der Waals surface area (Å²) >= 11 is 1.49. The third-order valence-corrected chi connectivity index (χ3v) is 9.75. The van der Waals surface area contributed by atoms with Crippen molar-refractivity contribution in [1.29, 1.82) is 0 Å². The van der Waals surface area contributed by atoms with Crippen molar-refractivity contribution in [3.63, 3.8) is 0 Å². The molecule has 0 aliphatic heterocycles. The summed E-state index contributed by atoms with van der Waals surface area (Å²) in [6.07, 6.45) is 2.09. The van der Waals surface area contributed by atoms with Gasteiger partial charge in [-0.3, -0.25) is 13.9 Å². The number of halogens is 1. The van der Waals surface area contributed by atoms with Gasteiger partial charge in [0.25, 0.3) is 10.0 Å². The molecule has 4 rings (SSSR count). The van der Waals surface area contributed by atoms with Crippen molar-refractivity contribution in [1.82, 2.24) is 10.2 Å². The Morgan fingerprint density at radius 1 is 0.844 bits per heavy atom. The van der Waals surface area contributed by atoms with Crippen LogP contribution in [0.1, 0.15) is 30.5 Å². The minimum absolute atomic E-state index is 0.0354. The molecule has 0 bridgehead atoms. The molecule has 0 fully saturated rings. The van der Waals surface area contributed by atoms with Crippen LogP contribution >= 0.6 is 11.8 Å². The van der Waals surface area contributed by atoms with E-state index in [1.54, 1.807) is 48.5 Å². The largest absolute Gasteiger partial charge is 0.352 e. The number of anilines is 1. The lowest BCUT2D eigenvalue weighted by Gasteiger charge is -2.34. The number of carbonyl (C=O) groups is 2. The quantitative estimate of drug-likeness (QED) is 0.174. The number of amides is 2. The Balaban J connectivity index is 1.79. The summed E-state index contributed by atoms with van der Waals surface area (Å²) in [7, 11) is -4.20. The maximum absolute atomic E-state index is 14.4. The topological polar surface area (TPSA) is 86.8 Å². The molecule has 0 aliphatic carbocycles. The van der Waals surface area contributed by atoms with Gasteiger partial charge in [0.2, 0.25) is 11.8 Å². The van der Waals surface area contributed by atoms with Crippen molar-refractivity contribution in [3.8, 4) is 0 Å². The van der Waals surface area contributed by atoms with Crippen LogP contribution in [0.4, 0.5) is 10.1 Å². The number of sulfonamides is 1. The molecule has 0 saturated carbocycles. The van der Waals surface area contributed by atoms with Crippen LogP contribution in [0.2, 0.25) is 0 Å². The number of nitrogens with one attached hydrogen (secondary N) is 1. The normalized spacial score (nSPS) is 12.0. The number of rotatable bonds is 13. The first-order chi connectivity index (χ1) is 21.5. The summed E-state index contributed by atoms with van der Waals surface area (Å²) in [4.78, 5) is 30.5. The van der Waals surface area contributed by atoms with E-state index in [1.165, 1.54) is 40.9 Å². The van der Waals surface area contributed by atoms with Crippen LogP contribution in [0.25, 0.3) is 0 Å². The lowest BCUT2D eigenvalue weighted by Crippen LogP contribution is -2.54. The Labute approximate surface area is 269 Å². The zero-order valence-electron chi connectivity index (χ0n) is 25.8. The average Bonchev–Trinajstić information content (AvgIpc) is 3.03. The van der Waals surface area contributed by atoms with E-state index >= 15 is 0 Å². The molecule has 0 spiro atoms. The summed E-state index contributed by atoms with van der Waals surface area (Å²) in [5, 5.41) is 2.92. The summed E-state index contributed by atoms with van der Waals surface area (Å²) in [6.45, 7) is 4.96. The smallest absolute Gasteiger partial charge is 0.264 e. The standard InChI is InChI=1S/C35H38FN3O4S2/c1-25(2)37-35(41)33(22-27-8-6-5-7-9-27)38(23-28-12-14-29(36)15-13-28)34(40)24-39(30-16-10-26(3)11-17-30)45(42,43)32-20-18-31(44-4)19-21-32/h5-21,25,33H,22-24H2,1-4H3,(H,37,41)/t33-/m1/s1. The number of aryl methyl sites for hydroxylation is 1. The van der Waals surface area contributed by atoms with Gasteiger partial charge in [-0.25, -0.2) is 12.8 Å². The van der Waals surface area contributed by atoms with Crippen LogP contribution < -0.4 is 9.62 Å². The molecule has 0 saturated heterocycles. The van der Waals surface area contributed by atoms with Crippen LogP contribution in [0, 0.1) is 12.7 Å². The number of hydrogen-bond donors (Lipinski definition) is 1. The highest BCUT2D eigenvalue weighted by Crippen LogP contribution is 2.27. The van der Waals surface area contributed by atoms with Gasteiger partial charge in [0.1, 0.15) is 18.4 Å². The van der Waals surface area contributed by atoms with Gasteiger partial charge in [-0.15, -0.1) is 11.8 Å². The molecule has 0 heterocycles. The first-order valence-corrected chi connectivity index (χ1v) is 17.3. The molecule has 7 nitrogen and oxygen atoms in total. The summed E-state index contributed by atoms with van der Waals surface area (Å²) in [5.74, 6) is -1.38. The molecule has 2 amide bonds. The highest BCUT2D eigenvalue weighted by molar-refractivity contribution is 7.98. The highest BCUT2D eigenvalue weighted by atomic mass is 32.2. The number of hydrogen-bond acceptors (Lipinski definition) is 5. The van der Waals surface area contributed by atoms with Crippen LogP contribution in [-0.4, -0.2) is 50.0 Å². The Morgan fingerprint density at radius 2 is 1.47 bits per heavy atom. The molecule has 45 heavy (non-hydrogen) atoms. The SMILES string of the molecule is CSc1ccc(S(=O)(=O)N(CC(=O)N(Cc2ccc(F)cc2)[C@H](Cc2ccccc2)C(=O)NC(C)C)c2ccc(C)cc2)cc1. The van der Waals surface area contributed by atoms with Crippen molar-refractivity contribution in [2.45, 2.75) is 55.6 Å². The molecule has 10 heteroatoms. The number of carbonyl (C=O) groups excluding carboxylic acids is 2. The molecule has 0 aliphatic rings. The van der Waals surface area contributed by atoms with E-state index in [-0.39, 0.29) is 29.8 Å². The third-order valence-electron chi connectivity index (χ3n) is 7.22. The third kappa shape index (κ3) is 8.95. The number of thioether (sulfide) groups is 1. The van der Waals surface area contributed by atoms with Gasteiger partial charge in [-0.05, 0) is 86.7 Å². The fraction of sp³-hybridized carbons (Fsp3) is 0.257. The van der Waals surface area contributed by atoms with Gasteiger partial charge < -0.3 is 10.2 Å². The van der Waals surface area contributed by atoms with Crippen molar-refractivity contribution < 1.29 is 22.4 Å². The zero-order chi connectivity index (χ0) is 32.6. The van der Waals surface area contributed by atoms with E-state index in [4.69, 9.17) is 0 Å². The molecule has 236 valence electrons. The molecule has 0 aromatic heterocycles. The second-order valence-corrected chi connectivity index (χ2v) is 13.8. The molecule has 0 radical (unpaired) electrons. The second kappa shape index (κ2) is 15.2. The molecule has 1 atom stereocenters. The van der Waals surface area contributed by atoms with Gasteiger partial charge in [0, 0.05) is 23.9 Å². The zero-order valence-corrected chi connectivity index (χ0v) is 27.4. The van der Waals surface area contributed by atoms with Crippen molar-refractivity contribution in [2.75, 3.05) is 17.1 Å². The van der Waals surface area contributed by atoms with Crippen LogP contribution in [0.15, 0.2) is 113 Å². The fourth-order valence-electron chi connectivity index (χ4n) is 4.84. The van der Waals surface area contributed by atoms with Crippen LogP contribution in [-0.2, 0) is 32.6 Å². The monoisotopic (exact) mass is 647 g/mol. The Kier molecular flexibility index (Phi) is 11.4. The minimum atomic E-state index is -4.20. The van der Waals surface area contributed by atoms with Crippen molar-refractivity contribution in [3.05, 3.63) is 126 Å². The fourth-order valence-corrected chi connectivity index (χ4v) is 6.66. The van der Waals surface area contributed by atoms with Gasteiger partial charge in [0.15, 0.2) is 0 Å². The lowest BCUT2D eigenvalue weighted by molar-refractivity contribution is -0.140. The molecular formula is C35H38FN3O4S2. The van der Waals surface area contributed by atoms with Gasteiger partial charge in [-0.2, -0.15) is 0 Å². The Bertz CT molecular complexity index is 1680. The van der Waals surface area contributed by atoms with E-state index in [1.807, 2.05) is 57.4 Å². The molecule has 1 N–H and O–H groups in total. The van der Waals surface area contributed by atoms with E-state index in [0.717, 1.165) is 20.3 Å². The van der Waals surface area contributed by atoms with E-state index < -0.39 is 34.3 Å². The number of nitrogens with zero attached hydrogens (tertiary/aromatic N) is 2. The first-order valence-electron chi connectivity index (χ1n) is 14.6. The average molecular weight is 648 g/mol. The second-order valence-electron chi connectivity index (χ2n) is 11.0. The van der Waals surface area contributed by atoms with E-state index in [9.17, 15) is 22.4 Å². The van der Waals surface area contributed by atoms with Crippen LogP contribution in [0.3, 0.4) is 0 Å². The van der Waals surface area contributed by atoms with Gasteiger partial charge in [-0.1, -0.05) is 60.2 Å².